The van der Waals surface area contributed by atoms with Crippen LogP contribution in [0.15, 0.2) is 36.5 Å². The number of carbonyl (C=O) groups excluding carboxylic acids is 1. The SMILES string of the molecule is CN(CCOc1ccccc1)C(=O)Cn1cc(C(=O)O)nn1. The summed E-state index contributed by atoms with van der Waals surface area (Å²) < 4.78 is 6.70. The third-order valence-electron chi connectivity index (χ3n) is 2.92. The molecule has 1 aromatic carbocycles. The molecule has 8 heteroatoms. The molecule has 2 rings (SSSR count). The Labute approximate surface area is 126 Å². The Morgan fingerprint density at radius 3 is 2.68 bits per heavy atom. The molecule has 1 amide bonds. The number of hydrogen-bond acceptors (Lipinski definition) is 5. The van der Waals surface area contributed by atoms with Crippen LogP contribution in [0.5, 0.6) is 5.75 Å². The predicted molar refractivity (Wildman–Crippen MR) is 76.6 cm³/mol. The summed E-state index contributed by atoms with van der Waals surface area (Å²) in [6.45, 7) is 0.709. The highest BCUT2D eigenvalue weighted by Crippen LogP contribution is 2.07. The van der Waals surface area contributed by atoms with Gasteiger partial charge in [-0.3, -0.25) is 4.79 Å². The Morgan fingerprint density at radius 2 is 2.05 bits per heavy atom. The van der Waals surface area contributed by atoms with Gasteiger partial charge in [0.05, 0.1) is 12.7 Å². The van der Waals surface area contributed by atoms with E-state index in [0.29, 0.717) is 13.2 Å². The van der Waals surface area contributed by atoms with Gasteiger partial charge in [0.1, 0.15) is 18.9 Å². The van der Waals surface area contributed by atoms with Crippen LogP contribution in [0.1, 0.15) is 10.5 Å². The van der Waals surface area contributed by atoms with E-state index in [0.717, 1.165) is 5.75 Å². The first kappa shape index (κ1) is 15.5. The molecule has 2 aromatic rings. The van der Waals surface area contributed by atoms with Crippen molar-refractivity contribution in [2.45, 2.75) is 6.54 Å². The van der Waals surface area contributed by atoms with Crippen LogP contribution < -0.4 is 4.74 Å². The molecule has 116 valence electrons. The average molecular weight is 304 g/mol. The number of aromatic carboxylic acids is 1. The van der Waals surface area contributed by atoms with Crippen molar-refractivity contribution >= 4 is 11.9 Å². The maximum atomic E-state index is 12.0. The van der Waals surface area contributed by atoms with Crippen LogP contribution in [0.2, 0.25) is 0 Å². The van der Waals surface area contributed by atoms with E-state index in [9.17, 15) is 9.59 Å². The molecule has 0 aliphatic rings. The highest BCUT2D eigenvalue weighted by molar-refractivity contribution is 5.84. The van der Waals surface area contributed by atoms with Crippen LogP contribution in [0.3, 0.4) is 0 Å². The topological polar surface area (TPSA) is 97.5 Å². The van der Waals surface area contributed by atoms with E-state index in [1.54, 1.807) is 7.05 Å². The minimum absolute atomic E-state index is 0.0673. The molecule has 1 N–H and O–H groups in total. The van der Waals surface area contributed by atoms with E-state index in [4.69, 9.17) is 9.84 Å². The lowest BCUT2D eigenvalue weighted by molar-refractivity contribution is -0.131. The summed E-state index contributed by atoms with van der Waals surface area (Å²) in [5.74, 6) is -0.646. The first-order valence-corrected chi connectivity index (χ1v) is 6.61. The molecule has 0 fully saturated rings. The summed E-state index contributed by atoms with van der Waals surface area (Å²) in [4.78, 5) is 24.1. The molecule has 0 aliphatic carbocycles. The number of rotatable bonds is 7. The average Bonchev–Trinajstić information content (AvgIpc) is 2.97. The summed E-state index contributed by atoms with van der Waals surface area (Å²) >= 11 is 0. The van der Waals surface area contributed by atoms with Crippen molar-refractivity contribution in [1.82, 2.24) is 19.9 Å². The maximum absolute atomic E-state index is 12.0. The smallest absolute Gasteiger partial charge is 0.358 e. The molecule has 1 aromatic heterocycles. The van der Waals surface area contributed by atoms with Crippen molar-refractivity contribution in [2.24, 2.45) is 0 Å². The number of aromatic nitrogens is 3. The van der Waals surface area contributed by atoms with Crippen LogP contribution in [0.25, 0.3) is 0 Å². The molecule has 0 saturated heterocycles. The lowest BCUT2D eigenvalue weighted by atomic mass is 10.3. The predicted octanol–water partition coefficient (Wildman–Crippen LogP) is 0.514. The molecule has 0 bridgehead atoms. The number of likely N-dealkylation sites (N-methyl/N-ethyl adjacent to an activating group) is 1. The highest BCUT2D eigenvalue weighted by atomic mass is 16.5. The standard InChI is InChI=1S/C14H16N4O4/c1-17(7-8-22-11-5-3-2-4-6-11)13(19)10-18-9-12(14(20)21)15-16-18/h2-6,9H,7-8,10H2,1H3,(H,20,21). The van der Waals surface area contributed by atoms with E-state index in [1.165, 1.54) is 15.8 Å². The fourth-order valence-corrected chi connectivity index (χ4v) is 1.67. The van der Waals surface area contributed by atoms with E-state index < -0.39 is 5.97 Å². The van der Waals surface area contributed by atoms with Gasteiger partial charge < -0.3 is 14.7 Å². The molecule has 1 heterocycles. The van der Waals surface area contributed by atoms with Gasteiger partial charge in [0.15, 0.2) is 5.69 Å². The van der Waals surface area contributed by atoms with Crippen molar-refractivity contribution < 1.29 is 19.4 Å². The second-order valence-corrected chi connectivity index (χ2v) is 4.58. The summed E-state index contributed by atoms with van der Waals surface area (Å²) in [7, 11) is 1.64. The summed E-state index contributed by atoms with van der Waals surface area (Å²) in [6, 6.07) is 9.31. The van der Waals surface area contributed by atoms with Gasteiger partial charge in [-0.05, 0) is 12.1 Å². The first-order chi connectivity index (χ1) is 10.6. The Kier molecular flexibility index (Phi) is 5.07. The summed E-state index contributed by atoms with van der Waals surface area (Å²) in [5, 5.41) is 15.8. The van der Waals surface area contributed by atoms with Crippen LogP contribution >= 0.6 is 0 Å². The molecule has 0 atom stereocenters. The van der Waals surface area contributed by atoms with Crippen molar-refractivity contribution in [2.75, 3.05) is 20.2 Å². The number of carbonyl (C=O) groups is 2. The Hall–Kier alpha value is -2.90. The lowest BCUT2D eigenvalue weighted by Crippen LogP contribution is -2.33. The zero-order chi connectivity index (χ0) is 15.9. The molecule has 0 radical (unpaired) electrons. The molecule has 0 spiro atoms. The molecule has 0 saturated carbocycles. The number of nitrogens with zero attached hydrogens (tertiary/aromatic N) is 4. The van der Waals surface area contributed by atoms with Gasteiger partial charge in [-0.2, -0.15) is 0 Å². The first-order valence-electron chi connectivity index (χ1n) is 6.61. The van der Waals surface area contributed by atoms with Crippen molar-refractivity contribution in [1.29, 1.82) is 0 Å². The fourth-order valence-electron chi connectivity index (χ4n) is 1.67. The van der Waals surface area contributed by atoms with E-state index >= 15 is 0 Å². The molecular formula is C14H16N4O4. The van der Waals surface area contributed by atoms with Gasteiger partial charge in [0.25, 0.3) is 0 Å². The number of benzene rings is 1. The van der Waals surface area contributed by atoms with Gasteiger partial charge in [-0.15, -0.1) is 5.10 Å². The Morgan fingerprint density at radius 1 is 1.32 bits per heavy atom. The van der Waals surface area contributed by atoms with Gasteiger partial charge in [-0.1, -0.05) is 23.4 Å². The molecule has 0 unspecified atom stereocenters. The zero-order valence-corrected chi connectivity index (χ0v) is 12.0. The molecule has 0 aliphatic heterocycles. The molecule has 22 heavy (non-hydrogen) atoms. The van der Waals surface area contributed by atoms with Crippen LogP contribution in [-0.4, -0.2) is 57.1 Å². The Bertz CT molecular complexity index is 641. The number of para-hydroxylation sites is 1. The number of hydrogen-bond donors (Lipinski definition) is 1. The fraction of sp³-hybridized carbons (Fsp3) is 0.286. The van der Waals surface area contributed by atoms with Gasteiger partial charge >= 0.3 is 5.97 Å². The third-order valence-corrected chi connectivity index (χ3v) is 2.92. The third kappa shape index (κ3) is 4.30. The molecule has 8 nitrogen and oxygen atoms in total. The van der Waals surface area contributed by atoms with Gasteiger partial charge in [0, 0.05) is 7.05 Å². The Balaban J connectivity index is 1.77. The normalized spacial score (nSPS) is 10.2. The van der Waals surface area contributed by atoms with Crippen LogP contribution in [0.4, 0.5) is 0 Å². The number of carboxylic acids is 1. The lowest BCUT2D eigenvalue weighted by Gasteiger charge is -2.17. The van der Waals surface area contributed by atoms with Gasteiger partial charge in [-0.25, -0.2) is 9.48 Å². The largest absolute Gasteiger partial charge is 0.492 e. The molecular weight excluding hydrogens is 288 g/mol. The van der Waals surface area contributed by atoms with Gasteiger partial charge in [0.2, 0.25) is 5.91 Å². The second-order valence-electron chi connectivity index (χ2n) is 4.58. The van der Waals surface area contributed by atoms with Crippen molar-refractivity contribution in [3.05, 3.63) is 42.2 Å². The van der Waals surface area contributed by atoms with E-state index in [1.807, 2.05) is 30.3 Å². The zero-order valence-electron chi connectivity index (χ0n) is 12.0. The number of carboxylic acid groups (broad SMARTS) is 1. The van der Waals surface area contributed by atoms with Crippen molar-refractivity contribution in [3.8, 4) is 5.75 Å². The maximum Gasteiger partial charge on any atom is 0.358 e. The summed E-state index contributed by atoms with van der Waals surface area (Å²) in [5.41, 5.74) is -0.192. The van der Waals surface area contributed by atoms with Crippen molar-refractivity contribution in [3.63, 3.8) is 0 Å². The van der Waals surface area contributed by atoms with E-state index in [-0.39, 0.29) is 18.1 Å². The number of ether oxygens (including phenoxy) is 1. The van der Waals surface area contributed by atoms with E-state index in [2.05, 4.69) is 10.3 Å². The number of amides is 1. The quantitative estimate of drug-likeness (QED) is 0.800. The monoisotopic (exact) mass is 304 g/mol. The minimum atomic E-state index is -1.18. The van der Waals surface area contributed by atoms with Crippen LogP contribution in [-0.2, 0) is 11.3 Å². The highest BCUT2D eigenvalue weighted by Gasteiger charge is 2.13. The second kappa shape index (κ2) is 7.21. The van der Waals surface area contributed by atoms with Crippen LogP contribution in [0, 0.1) is 0 Å². The minimum Gasteiger partial charge on any atom is -0.492 e. The summed E-state index contributed by atoms with van der Waals surface area (Å²) in [6.07, 6.45) is 1.22.